The number of nitrogens with one attached hydrogen (secondary N) is 2. The lowest BCUT2D eigenvalue weighted by Gasteiger charge is -2.31. The van der Waals surface area contributed by atoms with Gasteiger partial charge in [-0.05, 0) is 54.4 Å². The fourth-order valence-corrected chi connectivity index (χ4v) is 4.68. The second-order valence-electron chi connectivity index (χ2n) is 8.43. The summed E-state index contributed by atoms with van der Waals surface area (Å²) in [5.41, 5.74) is 1.71. The molecule has 1 unspecified atom stereocenters. The molecule has 0 saturated carbocycles. The van der Waals surface area contributed by atoms with Gasteiger partial charge >= 0.3 is 0 Å². The zero-order valence-corrected chi connectivity index (χ0v) is 21.2. The maximum absolute atomic E-state index is 13.7. The summed E-state index contributed by atoms with van der Waals surface area (Å²) in [5, 5.41) is 12.4. The van der Waals surface area contributed by atoms with Gasteiger partial charge in [-0.15, -0.1) is 0 Å². The quantitative estimate of drug-likeness (QED) is 0.226. The number of ether oxygens (including phenoxy) is 1. The number of carbonyl (C=O) groups excluding carboxylic acids is 3. The van der Waals surface area contributed by atoms with E-state index < -0.39 is 29.3 Å². The van der Waals surface area contributed by atoms with Gasteiger partial charge in [-0.25, -0.2) is 10.5 Å². The number of nitrogens with zero attached hydrogens (tertiary/aromatic N) is 3. The molecule has 12 heteroatoms. The molecule has 1 saturated heterocycles. The van der Waals surface area contributed by atoms with Crippen molar-refractivity contribution in [2.24, 2.45) is 0 Å². The topological polar surface area (TPSA) is 134 Å². The Balaban J connectivity index is 1.60. The smallest absolute Gasteiger partial charge is 0.265 e. The highest BCUT2D eigenvalue weighted by Gasteiger charge is 2.51. The van der Waals surface area contributed by atoms with Gasteiger partial charge in [-0.3, -0.25) is 24.6 Å². The third-order valence-corrected chi connectivity index (χ3v) is 6.54. The first-order valence-electron chi connectivity index (χ1n) is 11.3. The van der Waals surface area contributed by atoms with Gasteiger partial charge < -0.3 is 15.0 Å². The fourth-order valence-electron chi connectivity index (χ4n) is 4.17. The van der Waals surface area contributed by atoms with Crippen molar-refractivity contribution in [1.82, 2.24) is 25.7 Å². The number of pyridine rings is 2. The minimum absolute atomic E-state index is 0.186. The molecular weight excluding hydrogens is 521 g/mol. The molecule has 4 rings (SSSR count). The molecular formula is C25H23Cl2N5O5. The summed E-state index contributed by atoms with van der Waals surface area (Å²) in [6.45, 7) is 1.87. The number of benzene rings is 1. The lowest BCUT2D eigenvalue weighted by Crippen LogP contribution is -2.54. The van der Waals surface area contributed by atoms with E-state index in [1.807, 2.05) is 0 Å². The second-order valence-corrected chi connectivity index (χ2v) is 9.20. The normalized spacial score (nSPS) is 17.8. The molecule has 3 amide bonds. The van der Waals surface area contributed by atoms with Crippen molar-refractivity contribution in [1.29, 1.82) is 0 Å². The van der Waals surface area contributed by atoms with Crippen LogP contribution in [0.4, 0.5) is 0 Å². The van der Waals surface area contributed by atoms with E-state index in [-0.39, 0.29) is 29.9 Å². The van der Waals surface area contributed by atoms with Crippen LogP contribution < -0.4 is 15.5 Å². The third-order valence-electron chi connectivity index (χ3n) is 6.16. The zero-order valence-electron chi connectivity index (χ0n) is 19.6. The number of halogens is 2. The van der Waals surface area contributed by atoms with Gasteiger partial charge in [0.15, 0.2) is 0 Å². The van der Waals surface area contributed by atoms with E-state index in [0.717, 1.165) is 5.56 Å². The van der Waals surface area contributed by atoms with Crippen LogP contribution in [-0.2, 0) is 21.7 Å². The lowest BCUT2D eigenvalue weighted by molar-refractivity contribution is -0.143. The summed E-state index contributed by atoms with van der Waals surface area (Å²) in [6, 6.07) is 12.1. The summed E-state index contributed by atoms with van der Waals surface area (Å²) in [4.78, 5) is 47.9. The molecule has 1 aliphatic rings. The molecule has 1 aromatic carbocycles. The van der Waals surface area contributed by atoms with Gasteiger partial charge in [0.1, 0.15) is 34.2 Å². The van der Waals surface area contributed by atoms with Crippen LogP contribution in [0.5, 0.6) is 5.75 Å². The number of hydrogen-bond donors (Lipinski definition) is 3. The molecule has 3 heterocycles. The van der Waals surface area contributed by atoms with Crippen molar-refractivity contribution in [2.45, 2.75) is 31.5 Å². The van der Waals surface area contributed by atoms with E-state index in [1.54, 1.807) is 41.9 Å². The average Bonchev–Trinajstić information content (AvgIpc) is 3.23. The van der Waals surface area contributed by atoms with Crippen molar-refractivity contribution in [3.63, 3.8) is 0 Å². The Labute approximate surface area is 222 Å². The molecule has 0 spiro atoms. The van der Waals surface area contributed by atoms with E-state index in [9.17, 15) is 14.4 Å². The van der Waals surface area contributed by atoms with Crippen molar-refractivity contribution >= 4 is 40.9 Å². The molecule has 37 heavy (non-hydrogen) atoms. The van der Waals surface area contributed by atoms with Crippen LogP contribution in [0.3, 0.4) is 0 Å². The standard InChI is InChI=1S/C25H23Cl2N5O5/c1-15(22(33)31-36)32-11-8-25(24(32)35,30-23(34)17-6-9-28-10-7-17)18-2-4-19(5-3-18)37-14-16-12-20(26)29-21(27)13-16/h2-7,9-10,12-13,15,36H,8,11,14H2,1H3,(H,30,34)(H,31,33)/t15-,25?/m1/s1. The Kier molecular flexibility index (Phi) is 7.91. The molecule has 2 aromatic heterocycles. The average molecular weight is 544 g/mol. The lowest BCUT2D eigenvalue weighted by atomic mass is 9.87. The van der Waals surface area contributed by atoms with Gasteiger partial charge in [0, 0.05) is 30.9 Å². The Morgan fingerprint density at radius 1 is 1.14 bits per heavy atom. The number of rotatable bonds is 8. The fraction of sp³-hybridized carbons (Fsp3) is 0.240. The SMILES string of the molecule is C[C@H](C(=O)NO)N1CCC(NC(=O)c2ccncc2)(c2ccc(OCc3cc(Cl)nc(Cl)c3)cc2)C1=O. The molecule has 0 aliphatic carbocycles. The van der Waals surface area contributed by atoms with Crippen molar-refractivity contribution < 1.29 is 24.3 Å². The van der Waals surface area contributed by atoms with Crippen molar-refractivity contribution in [2.75, 3.05) is 6.54 Å². The Morgan fingerprint density at radius 2 is 1.78 bits per heavy atom. The highest BCUT2D eigenvalue weighted by molar-refractivity contribution is 6.32. The number of aromatic nitrogens is 2. The van der Waals surface area contributed by atoms with Crippen molar-refractivity contribution in [3.05, 3.63) is 87.9 Å². The zero-order chi connectivity index (χ0) is 26.6. The third kappa shape index (κ3) is 5.66. The van der Waals surface area contributed by atoms with E-state index in [0.29, 0.717) is 16.9 Å². The molecule has 1 aliphatic heterocycles. The molecule has 3 aromatic rings. The first-order chi connectivity index (χ1) is 17.7. The van der Waals surface area contributed by atoms with Crippen LogP contribution in [-0.4, -0.2) is 50.4 Å². The molecule has 3 N–H and O–H groups in total. The molecule has 2 atom stereocenters. The number of hydroxylamine groups is 1. The molecule has 192 valence electrons. The van der Waals surface area contributed by atoms with E-state index in [2.05, 4.69) is 15.3 Å². The van der Waals surface area contributed by atoms with Crippen LogP contribution in [0.1, 0.15) is 34.8 Å². The van der Waals surface area contributed by atoms with Gasteiger partial charge in [0.05, 0.1) is 0 Å². The van der Waals surface area contributed by atoms with Crippen LogP contribution in [0.2, 0.25) is 10.3 Å². The van der Waals surface area contributed by atoms with Gasteiger partial charge in [0.25, 0.3) is 17.7 Å². The molecule has 1 fully saturated rings. The molecule has 0 bridgehead atoms. The van der Waals surface area contributed by atoms with Gasteiger partial charge in [0.2, 0.25) is 0 Å². The summed E-state index contributed by atoms with van der Waals surface area (Å²) in [5.74, 6) is -1.16. The van der Waals surface area contributed by atoms with Gasteiger partial charge in [-0.2, -0.15) is 0 Å². The van der Waals surface area contributed by atoms with Crippen LogP contribution in [0.25, 0.3) is 0 Å². The van der Waals surface area contributed by atoms with Crippen molar-refractivity contribution in [3.8, 4) is 5.75 Å². The Morgan fingerprint density at radius 3 is 2.41 bits per heavy atom. The number of amides is 3. The first kappa shape index (κ1) is 26.3. The highest BCUT2D eigenvalue weighted by atomic mass is 35.5. The van der Waals surface area contributed by atoms with Crippen LogP contribution in [0, 0.1) is 0 Å². The van der Waals surface area contributed by atoms with E-state index >= 15 is 0 Å². The highest BCUT2D eigenvalue weighted by Crippen LogP contribution is 2.36. The number of likely N-dealkylation sites (tertiary alicyclic amines) is 1. The van der Waals surface area contributed by atoms with E-state index in [4.69, 9.17) is 33.1 Å². The largest absolute Gasteiger partial charge is 0.489 e. The maximum atomic E-state index is 13.7. The molecule has 10 nitrogen and oxygen atoms in total. The number of hydrogen-bond acceptors (Lipinski definition) is 7. The van der Waals surface area contributed by atoms with Crippen LogP contribution >= 0.6 is 23.2 Å². The minimum Gasteiger partial charge on any atom is -0.489 e. The monoisotopic (exact) mass is 543 g/mol. The summed E-state index contributed by atoms with van der Waals surface area (Å²) in [7, 11) is 0. The van der Waals surface area contributed by atoms with Crippen LogP contribution in [0.15, 0.2) is 60.9 Å². The second kappa shape index (κ2) is 11.1. The Bertz CT molecular complexity index is 1290. The minimum atomic E-state index is -1.44. The van der Waals surface area contributed by atoms with E-state index in [1.165, 1.54) is 36.4 Å². The number of carbonyl (C=O) groups is 3. The van der Waals surface area contributed by atoms with Gasteiger partial charge in [-0.1, -0.05) is 35.3 Å². The first-order valence-corrected chi connectivity index (χ1v) is 12.0. The molecule has 0 radical (unpaired) electrons. The Hall–Kier alpha value is -3.73. The predicted octanol–water partition coefficient (Wildman–Crippen LogP) is 3.11. The predicted molar refractivity (Wildman–Crippen MR) is 134 cm³/mol. The summed E-state index contributed by atoms with van der Waals surface area (Å²) >= 11 is 11.9. The summed E-state index contributed by atoms with van der Waals surface area (Å²) in [6.07, 6.45) is 3.17. The maximum Gasteiger partial charge on any atom is 0.265 e. The summed E-state index contributed by atoms with van der Waals surface area (Å²) < 4.78 is 5.82.